The molecular weight excluding hydrogens is 180 g/mol. The Morgan fingerprint density at radius 3 is 2.93 bits per heavy atom. The van der Waals surface area contributed by atoms with E-state index in [4.69, 9.17) is 9.84 Å². The maximum Gasteiger partial charge on any atom is 0.0950 e. The van der Waals surface area contributed by atoms with E-state index < -0.39 is 0 Å². The molecule has 1 aromatic heterocycles. The molecule has 2 fully saturated rings. The SMILES string of the molecule is OCc1cn(CC2C3COCC32)cn1. The van der Waals surface area contributed by atoms with Crippen molar-refractivity contribution in [3.05, 3.63) is 18.2 Å². The van der Waals surface area contributed by atoms with E-state index in [0.717, 1.165) is 43.2 Å². The second kappa shape index (κ2) is 3.07. The average molecular weight is 194 g/mol. The van der Waals surface area contributed by atoms with Gasteiger partial charge in [0.05, 0.1) is 31.8 Å². The Kier molecular flexibility index (Phi) is 1.85. The van der Waals surface area contributed by atoms with Crippen LogP contribution in [0.5, 0.6) is 0 Å². The minimum absolute atomic E-state index is 0.0354. The van der Waals surface area contributed by atoms with E-state index in [2.05, 4.69) is 9.55 Å². The predicted molar refractivity (Wildman–Crippen MR) is 49.4 cm³/mol. The van der Waals surface area contributed by atoms with Gasteiger partial charge in [0.2, 0.25) is 0 Å². The standard InChI is InChI=1S/C10H14N2O2/c13-3-7-1-12(6-11-7)2-8-9-4-14-5-10(8)9/h1,6,8-10,13H,2-5H2. The number of fused-ring (bicyclic) bond motifs is 1. The number of nitrogens with zero attached hydrogens (tertiary/aromatic N) is 2. The largest absolute Gasteiger partial charge is 0.390 e. The molecule has 3 rings (SSSR count). The number of aromatic nitrogens is 2. The topological polar surface area (TPSA) is 47.3 Å². The van der Waals surface area contributed by atoms with Crippen molar-refractivity contribution in [2.24, 2.45) is 17.8 Å². The summed E-state index contributed by atoms with van der Waals surface area (Å²) in [6.07, 6.45) is 3.73. The molecular formula is C10H14N2O2. The Morgan fingerprint density at radius 2 is 2.29 bits per heavy atom. The van der Waals surface area contributed by atoms with Gasteiger partial charge in [-0.15, -0.1) is 0 Å². The number of imidazole rings is 1. The molecule has 0 amide bonds. The van der Waals surface area contributed by atoms with Crippen LogP contribution >= 0.6 is 0 Å². The first-order chi connectivity index (χ1) is 6.88. The summed E-state index contributed by atoms with van der Waals surface area (Å²) in [7, 11) is 0. The minimum atomic E-state index is 0.0354. The molecule has 1 N–H and O–H groups in total. The van der Waals surface area contributed by atoms with E-state index >= 15 is 0 Å². The molecule has 0 aromatic carbocycles. The molecule has 4 heteroatoms. The number of aliphatic hydroxyl groups is 1. The van der Waals surface area contributed by atoms with Crippen molar-refractivity contribution in [2.45, 2.75) is 13.2 Å². The number of aliphatic hydroxyl groups excluding tert-OH is 1. The van der Waals surface area contributed by atoms with Crippen molar-refractivity contribution < 1.29 is 9.84 Å². The van der Waals surface area contributed by atoms with Crippen LogP contribution in [-0.4, -0.2) is 27.9 Å². The highest BCUT2D eigenvalue weighted by molar-refractivity contribution is 5.02. The molecule has 1 saturated heterocycles. The van der Waals surface area contributed by atoms with Gasteiger partial charge in [0.25, 0.3) is 0 Å². The first-order valence-corrected chi connectivity index (χ1v) is 5.07. The second-order valence-corrected chi connectivity index (χ2v) is 4.25. The Morgan fingerprint density at radius 1 is 1.50 bits per heavy atom. The highest BCUT2D eigenvalue weighted by atomic mass is 16.5. The Hall–Kier alpha value is -0.870. The maximum absolute atomic E-state index is 8.87. The van der Waals surface area contributed by atoms with E-state index in [1.165, 1.54) is 0 Å². The molecule has 0 radical (unpaired) electrons. The lowest BCUT2D eigenvalue weighted by atomic mass is 10.3. The zero-order valence-electron chi connectivity index (χ0n) is 7.97. The van der Waals surface area contributed by atoms with Crippen LogP contribution in [0.4, 0.5) is 0 Å². The third kappa shape index (κ3) is 1.26. The van der Waals surface area contributed by atoms with Crippen molar-refractivity contribution in [1.29, 1.82) is 0 Å². The van der Waals surface area contributed by atoms with Gasteiger partial charge in [0.15, 0.2) is 0 Å². The van der Waals surface area contributed by atoms with Crippen molar-refractivity contribution in [1.82, 2.24) is 9.55 Å². The quantitative estimate of drug-likeness (QED) is 0.751. The molecule has 2 unspecified atom stereocenters. The maximum atomic E-state index is 8.87. The molecule has 14 heavy (non-hydrogen) atoms. The molecule has 1 aromatic rings. The summed E-state index contributed by atoms with van der Waals surface area (Å²) in [4.78, 5) is 4.09. The van der Waals surface area contributed by atoms with E-state index in [1.807, 2.05) is 6.20 Å². The lowest BCUT2D eigenvalue weighted by Gasteiger charge is -2.04. The third-order valence-electron chi connectivity index (χ3n) is 3.40. The second-order valence-electron chi connectivity index (χ2n) is 4.25. The molecule has 2 heterocycles. The Labute approximate surface area is 82.5 Å². The summed E-state index contributed by atoms with van der Waals surface area (Å²) >= 11 is 0. The van der Waals surface area contributed by atoms with Gasteiger partial charge >= 0.3 is 0 Å². The molecule has 76 valence electrons. The number of rotatable bonds is 3. The fourth-order valence-electron chi connectivity index (χ4n) is 2.46. The highest BCUT2D eigenvalue weighted by Crippen LogP contribution is 2.51. The van der Waals surface area contributed by atoms with Crippen LogP contribution in [-0.2, 0) is 17.9 Å². The lowest BCUT2D eigenvalue weighted by Crippen LogP contribution is -2.05. The van der Waals surface area contributed by atoms with Crippen LogP contribution < -0.4 is 0 Å². The van der Waals surface area contributed by atoms with Crippen LogP contribution in [0.1, 0.15) is 5.69 Å². The minimum Gasteiger partial charge on any atom is -0.390 e. The van der Waals surface area contributed by atoms with E-state index in [-0.39, 0.29) is 6.61 Å². The van der Waals surface area contributed by atoms with Crippen LogP contribution in [0, 0.1) is 17.8 Å². The third-order valence-corrected chi connectivity index (χ3v) is 3.40. The van der Waals surface area contributed by atoms with Gasteiger partial charge < -0.3 is 14.4 Å². The van der Waals surface area contributed by atoms with Gasteiger partial charge in [-0.05, 0) is 17.8 Å². The van der Waals surface area contributed by atoms with Crippen molar-refractivity contribution >= 4 is 0 Å². The first-order valence-electron chi connectivity index (χ1n) is 5.07. The van der Waals surface area contributed by atoms with Crippen molar-refractivity contribution in [3.8, 4) is 0 Å². The summed E-state index contributed by atoms with van der Waals surface area (Å²) in [5.74, 6) is 2.36. The van der Waals surface area contributed by atoms with Crippen LogP contribution in [0.2, 0.25) is 0 Å². The Bertz CT molecular complexity index is 327. The summed E-state index contributed by atoms with van der Waals surface area (Å²) < 4.78 is 7.41. The highest BCUT2D eigenvalue weighted by Gasteiger charge is 2.53. The number of hydrogen-bond donors (Lipinski definition) is 1. The van der Waals surface area contributed by atoms with Crippen LogP contribution in [0.25, 0.3) is 0 Å². The summed E-state index contributed by atoms with van der Waals surface area (Å²) in [6.45, 7) is 2.95. The first kappa shape index (κ1) is 8.44. The van der Waals surface area contributed by atoms with Crippen molar-refractivity contribution in [3.63, 3.8) is 0 Å². The normalized spacial score (nSPS) is 34.5. The smallest absolute Gasteiger partial charge is 0.0950 e. The van der Waals surface area contributed by atoms with E-state index in [9.17, 15) is 0 Å². The predicted octanol–water partition coefficient (Wildman–Crippen LogP) is 0.268. The molecule has 2 atom stereocenters. The summed E-state index contributed by atoms with van der Waals surface area (Å²) in [5, 5.41) is 8.87. The van der Waals surface area contributed by atoms with E-state index in [1.54, 1.807) is 6.33 Å². The van der Waals surface area contributed by atoms with E-state index in [0.29, 0.717) is 0 Å². The number of hydrogen-bond acceptors (Lipinski definition) is 3. The molecule has 1 saturated carbocycles. The molecule has 0 bridgehead atoms. The van der Waals surface area contributed by atoms with Gasteiger partial charge in [0, 0.05) is 12.7 Å². The van der Waals surface area contributed by atoms with Gasteiger partial charge in [-0.1, -0.05) is 0 Å². The molecule has 4 nitrogen and oxygen atoms in total. The summed E-state index contributed by atoms with van der Waals surface area (Å²) in [5.41, 5.74) is 0.757. The lowest BCUT2D eigenvalue weighted by molar-refractivity contribution is 0.148. The fraction of sp³-hybridized carbons (Fsp3) is 0.700. The van der Waals surface area contributed by atoms with Crippen LogP contribution in [0.3, 0.4) is 0 Å². The molecule has 2 aliphatic rings. The fourth-order valence-corrected chi connectivity index (χ4v) is 2.46. The molecule has 0 spiro atoms. The monoisotopic (exact) mass is 194 g/mol. The summed E-state index contributed by atoms with van der Waals surface area (Å²) in [6, 6.07) is 0. The van der Waals surface area contributed by atoms with Gasteiger partial charge in [0.1, 0.15) is 0 Å². The van der Waals surface area contributed by atoms with Crippen LogP contribution in [0.15, 0.2) is 12.5 Å². The number of ether oxygens (including phenoxy) is 1. The van der Waals surface area contributed by atoms with Gasteiger partial charge in [-0.2, -0.15) is 0 Å². The Balaban J connectivity index is 1.62. The van der Waals surface area contributed by atoms with Crippen molar-refractivity contribution in [2.75, 3.05) is 13.2 Å². The average Bonchev–Trinajstić information content (AvgIpc) is 2.64. The van der Waals surface area contributed by atoms with Gasteiger partial charge in [-0.25, -0.2) is 4.98 Å². The molecule has 1 aliphatic heterocycles. The van der Waals surface area contributed by atoms with Gasteiger partial charge in [-0.3, -0.25) is 0 Å². The zero-order chi connectivity index (χ0) is 9.54. The zero-order valence-corrected chi connectivity index (χ0v) is 7.97. The molecule has 1 aliphatic carbocycles.